The lowest BCUT2D eigenvalue weighted by Gasteiger charge is -2.11. The second kappa shape index (κ2) is 5.81. The van der Waals surface area contributed by atoms with Gasteiger partial charge >= 0.3 is 5.97 Å². The summed E-state index contributed by atoms with van der Waals surface area (Å²) in [4.78, 5) is 23.3. The predicted octanol–water partition coefficient (Wildman–Crippen LogP) is 2.57. The van der Waals surface area contributed by atoms with Crippen molar-refractivity contribution in [1.29, 1.82) is 0 Å². The molecule has 1 aromatic rings. The van der Waals surface area contributed by atoms with Gasteiger partial charge in [0.1, 0.15) is 15.6 Å². The summed E-state index contributed by atoms with van der Waals surface area (Å²) in [6.45, 7) is 1.41. The zero-order valence-electron chi connectivity index (χ0n) is 11.3. The average Bonchev–Trinajstić information content (AvgIpc) is 2.95. The fourth-order valence-corrected chi connectivity index (χ4v) is 2.45. The first-order valence-electron chi connectivity index (χ1n) is 6.31. The van der Waals surface area contributed by atoms with Crippen LogP contribution in [0.3, 0.4) is 0 Å². The van der Waals surface area contributed by atoms with Gasteiger partial charge in [0.05, 0.1) is 0 Å². The number of amides is 1. The summed E-state index contributed by atoms with van der Waals surface area (Å²) in [6.07, 6.45) is 0.305. The number of ether oxygens (including phenoxy) is 1. The van der Waals surface area contributed by atoms with Gasteiger partial charge in [-0.05, 0) is 24.6 Å². The van der Waals surface area contributed by atoms with E-state index in [0.29, 0.717) is 6.42 Å². The highest BCUT2D eigenvalue weighted by Gasteiger charge is 2.69. The highest BCUT2D eigenvalue weighted by Crippen LogP contribution is 2.64. The summed E-state index contributed by atoms with van der Waals surface area (Å²) in [5.74, 6) is -1.39. The van der Waals surface area contributed by atoms with Crippen LogP contribution in [0.1, 0.15) is 18.9 Å². The monoisotopic (exact) mass is 333 g/mol. The van der Waals surface area contributed by atoms with Crippen LogP contribution >= 0.6 is 23.2 Å². The van der Waals surface area contributed by atoms with Crippen molar-refractivity contribution in [2.24, 2.45) is 5.41 Å². The number of alkyl halides is 2. The Morgan fingerprint density at radius 3 is 2.43 bits per heavy atom. The lowest BCUT2D eigenvalue weighted by atomic mass is 10.1. The summed E-state index contributed by atoms with van der Waals surface area (Å²) < 4.78 is 16.5. The Hall–Kier alpha value is -1.33. The standard InChI is InChI=1S/C14H14Cl2FNO3/c1-13(8-14(13,15)16)12(20)21-7-11(19)18-6-9-2-4-10(17)5-3-9/h2-5H,6-8H2,1H3,(H,18,19)/t13-/m0/s1. The highest BCUT2D eigenvalue weighted by molar-refractivity contribution is 6.53. The van der Waals surface area contributed by atoms with Crippen LogP contribution in [0.15, 0.2) is 24.3 Å². The molecule has 2 rings (SSSR count). The van der Waals surface area contributed by atoms with E-state index in [2.05, 4.69) is 5.32 Å². The molecule has 0 unspecified atom stereocenters. The van der Waals surface area contributed by atoms with Gasteiger partial charge in [0.25, 0.3) is 5.91 Å². The SMILES string of the molecule is C[C@@]1(C(=O)OCC(=O)NCc2ccc(F)cc2)CC1(Cl)Cl. The molecule has 1 aromatic carbocycles. The molecule has 0 bridgehead atoms. The molecular weight excluding hydrogens is 320 g/mol. The number of nitrogens with one attached hydrogen (secondary N) is 1. The number of carbonyl (C=O) groups excluding carboxylic acids is 2. The molecule has 1 saturated carbocycles. The van der Waals surface area contributed by atoms with Gasteiger partial charge in [-0.25, -0.2) is 4.39 Å². The van der Waals surface area contributed by atoms with Crippen molar-refractivity contribution in [3.63, 3.8) is 0 Å². The van der Waals surface area contributed by atoms with Crippen molar-refractivity contribution in [2.45, 2.75) is 24.2 Å². The first-order chi connectivity index (χ1) is 9.74. The lowest BCUT2D eigenvalue weighted by molar-refractivity contribution is -0.153. The van der Waals surface area contributed by atoms with Crippen LogP contribution in [-0.4, -0.2) is 22.8 Å². The number of benzene rings is 1. The van der Waals surface area contributed by atoms with Gasteiger partial charge < -0.3 is 10.1 Å². The third-order valence-electron chi connectivity index (χ3n) is 3.45. The molecule has 0 aromatic heterocycles. The van der Waals surface area contributed by atoms with Crippen molar-refractivity contribution < 1.29 is 18.7 Å². The Balaban J connectivity index is 1.73. The van der Waals surface area contributed by atoms with E-state index in [4.69, 9.17) is 27.9 Å². The Bertz CT molecular complexity index is 562. The second-order valence-electron chi connectivity index (χ2n) is 5.19. The van der Waals surface area contributed by atoms with E-state index < -0.39 is 28.2 Å². The highest BCUT2D eigenvalue weighted by atomic mass is 35.5. The predicted molar refractivity (Wildman–Crippen MR) is 76.4 cm³/mol. The third kappa shape index (κ3) is 3.66. The Morgan fingerprint density at radius 2 is 1.90 bits per heavy atom. The van der Waals surface area contributed by atoms with Crippen molar-refractivity contribution in [1.82, 2.24) is 5.32 Å². The number of rotatable bonds is 5. The fraction of sp³-hybridized carbons (Fsp3) is 0.429. The van der Waals surface area contributed by atoms with Crippen LogP contribution in [0.5, 0.6) is 0 Å². The largest absolute Gasteiger partial charge is 0.455 e. The van der Waals surface area contributed by atoms with E-state index in [-0.39, 0.29) is 12.4 Å². The number of esters is 1. The van der Waals surface area contributed by atoms with Crippen molar-refractivity contribution in [2.75, 3.05) is 6.61 Å². The molecule has 0 aliphatic heterocycles. The Labute approximate surface area is 131 Å². The van der Waals surface area contributed by atoms with Gasteiger partial charge in [0.2, 0.25) is 0 Å². The summed E-state index contributed by atoms with van der Waals surface area (Å²) in [6, 6.07) is 5.72. The number of hydrogen-bond donors (Lipinski definition) is 1. The van der Waals surface area contributed by atoms with Gasteiger partial charge in [0.15, 0.2) is 6.61 Å². The first-order valence-corrected chi connectivity index (χ1v) is 7.06. The fourth-order valence-electron chi connectivity index (χ4n) is 1.77. The minimum absolute atomic E-state index is 0.225. The average molecular weight is 334 g/mol. The maximum absolute atomic E-state index is 12.7. The molecule has 1 amide bonds. The van der Waals surface area contributed by atoms with E-state index in [1.165, 1.54) is 12.1 Å². The van der Waals surface area contributed by atoms with Gasteiger partial charge in [-0.3, -0.25) is 9.59 Å². The van der Waals surface area contributed by atoms with Gasteiger partial charge in [-0.2, -0.15) is 0 Å². The molecule has 1 aliphatic carbocycles. The van der Waals surface area contributed by atoms with E-state index in [1.807, 2.05) is 0 Å². The first kappa shape index (κ1) is 16.0. The minimum atomic E-state index is -1.12. The van der Waals surface area contributed by atoms with E-state index in [0.717, 1.165) is 5.56 Å². The molecule has 0 spiro atoms. The molecule has 0 saturated heterocycles. The van der Waals surface area contributed by atoms with Crippen molar-refractivity contribution in [3.8, 4) is 0 Å². The Kier molecular flexibility index (Phi) is 4.44. The second-order valence-corrected chi connectivity index (χ2v) is 6.68. The molecule has 0 heterocycles. The molecule has 1 N–H and O–H groups in total. The molecule has 4 nitrogen and oxygen atoms in total. The summed E-state index contributed by atoms with van der Waals surface area (Å²) in [5, 5.41) is 2.56. The summed E-state index contributed by atoms with van der Waals surface area (Å²) >= 11 is 11.7. The maximum Gasteiger partial charge on any atom is 0.315 e. The Morgan fingerprint density at radius 1 is 1.33 bits per heavy atom. The molecule has 1 fully saturated rings. The molecule has 1 aliphatic rings. The smallest absolute Gasteiger partial charge is 0.315 e. The topological polar surface area (TPSA) is 55.4 Å². The van der Waals surface area contributed by atoms with Crippen LogP contribution in [0, 0.1) is 11.2 Å². The molecule has 21 heavy (non-hydrogen) atoms. The molecular formula is C14H14Cl2FNO3. The third-order valence-corrected chi connectivity index (χ3v) is 4.55. The van der Waals surface area contributed by atoms with Crippen LogP contribution in [0.4, 0.5) is 4.39 Å². The van der Waals surface area contributed by atoms with E-state index in [9.17, 15) is 14.0 Å². The van der Waals surface area contributed by atoms with Crippen molar-refractivity contribution in [3.05, 3.63) is 35.6 Å². The van der Waals surface area contributed by atoms with Gasteiger partial charge in [0, 0.05) is 13.0 Å². The molecule has 1 atom stereocenters. The summed E-state index contributed by atoms with van der Waals surface area (Å²) in [5.41, 5.74) is -0.210. The molecule has 0 radical (unpaired) electrons. The van der Waals surface area contributed by atoms with Gasteiger partial charge in [-0.15, -0.1) is 23.2 Å². The minimum Gasteiger partial charge on any atom is -0.455 e. The van der Waals surface area contributed by atoms with Crippen LogP contribution in [-0.2, 0) is 20.9 Å². The van der Waals surface area contributed by atoms with Crippen LogP contribution < -0.4 is 5.32 Å². The molecule has 114 valence electrons. The zero-order valence-corrected chi connectivity index (χ0v) is 12.8. The number of carbonyl (C=O) groups is 2. The van der Waals surface area contributed by atoms with E-state index >= 15 is 0 Å². The van der Waals surface area contributed by atoms with E-state index in [1.54, 1.807) is 19.1 Å². The normalized spacial score (nSPS) is 22.5. The summed E-state index contributed by atoms with van der Waals surface area (Å²) in [7, 11) is 0. The van der Waals surface area contributed by atoms with Gasteiger partial charge in [-0.1, -0.05) is 12.1 Å². The molecule has 7 heteroatoms. The van der Waals surface area contributed by atoms with Crippen LogP contribution in [0.2, 0.25) is 0 Å². The van der Waals surface area contributed by atoms with Crippen molar-refractivity contribution >= 4 is 35.1 Å². The number of hydrogen-bond acceptors (Lipinski definition) is 3. The zero-order chi connectivity index (χ0) is 15.7. The maximum atomic E-state index is 12.7. The van der Waals surface area contributed by atoms with Crippen LogP contribution in [0.25, 0.3) is 0 Å². The number of halogens is 3. The quantitative estimate of drug-likeness (QED) is 0.665. The lowest BCUT2D eigenvalue weighted by Crippen LogP contribution is -2.31.